The number of hydrogen-bond acceptors (Lipinski definition) is 7. The van der Waals surface area contributed by atoms with Crippen molar-refractivity contribution < 1.29 is 32.3 Å². The number of esters is 2. The fourth-order valence-corrected chi connectivity index (χ4v) is 3.12. The van der Waals surface area contributed by atoms with Crippen molar-refractivity contribution in [2.45, 2.75) is 5.75 Å². The molecule has 8 nitrogen and oxygen atoms in total. The molecule has 2 aromatic carbocycles. The van der Waals surface area contributed by atoms with E-state index in [9.17, 15) is 22.8 Å². The van der Waals surface area contributed by atoms with Crippen molar-refractivity contribution >= 4 is 33.4 Å². The van der Waals surface area contributed by atoms with Crippen molar-refractivity contribution in [1.82, 2.24) is 0 Å². The molecule has 0 unspecified atom stereocenters. The smallest absolute Gasteiger partial charge is 0.339 e. The molecule has 0 bridgehead atoms. The van der Waals surface area contributed by atoms with E-state index in [-0.39, 0.29) is 22.6 Å². The Labute approximate surface area is 162 Å². The Kier molecular flexibility index (Phi) is 6.89. The summed E-state index contributed by atoms with van der Waals surface area (Å²) in [5.41, 5.74) is 1.13. The van der Waals surface area contributed by atoms with Crippen LogP contribution in [0.4, 0.5) is 5.69 Å². The molecule has 0 radical (unpaired) electrons. The van der Waals surface area contributed by atoms with E-state index in [2.05, 4.69) is 10.1 Å². The van der Waals surface area contributed by atoms with Gasteiger partial charge in [-0.15, -0.1) is 0 Å². The molecule has 0 atom stereocenters. The summed E-state index contributed by atoms with van der Waals surface area (Å²) in [5, 5.41) is 2.48. The minimum absolute atomic E-state index is 0.135. The number of nitrogens with one attached hydrogen (secondary N) is 1. The molecule has 2 aromatic rings. The van der Waals surface area contributed by atoms with Gasteiger partial charge < -0.3 is 14.8 Å². The molecule has 0 spiro atoms. The third-order valence-electron chi connectivity index (χ3n) is 3.56. The topological polar surface area (TPSA) is 116 Å². The van der Waals surface area contributed by atoms with Crippen LogP contribution in [0.25, 0.3) is 0 Å². The molecule has 0 aliphatic carbocycles. The van der Waals surface area contributed by atoms with E-state index in [0.717, 1.165) is 6.26 Å². The van der Waals surface area contributed by atoms with E-state index in [1.54, 1.807) is 12.1 Å². The van der Waals surface area contributed by atoms with E-state index in [4.69, 9.17) is 4.74 Å². The summed E-state index contributed by atoms with van der Waals surface area (Å²) >= 11 is 0. The average Bonchev–Trinajstić information content (AvgIpc) is 2.65. The van der Waals surface area contributed by atoms with Gasteiger partial charge in [-0.1, -0.05) is 24.3 Å². The third-order valence-corrected chi connectivity index (χ3v) is 4.42. The predicted octanol–water partition coefficient (Wildman–Crippen LogP) is 1.81. The zero-order valence-corrected chi connectivity index (χ0v) is 16.1. The van der Waals surface area contributed by atoms with Crippen LogP contribution in [0.1, 0.15) is 26.3 Å². The van der Waals surface area contributed by atoms with Crippen LogP contribution in [-0.4, -0.2) is 46.2 Å². The van der Waals surface area contributed by atoms with Gasteiger partial charge in [-0.25, -0.2) is 18.0 Å². The quantitative estimate of drug-likeness (QED) is 0.699. The lowest BCUT2D eigenvalue weighted by molar-refractivity contribution is -0.119. The van der Waals surface area contributed by atoms with Crippen molar-refractivity contribution in [3.05, 3.63) is 65.2 Å². The highest BCUT2D eigenvalue weighted by molar-refractivity contribution is 7.89. The third kappa shape index (κ3) is 6.20. The zero-order chi connectivity index (χ0) is 20.7. The molecule has 1 N–H and O–H groups in total. The summed E-state index contributed by atoms with van der Waals surface area (Å²) in [6.07, 6.45) is 1.12. The maximum Gasteiger partial charge on any atom is 0.339 e. The maximum atomic E-state index is 12.0. The Morgan fingerprint density at radius 1 is 0.964 bits per heavy atom. The molecular weight excluding hydrogens is 386 g/mol. The zero-order valence-electron chi connectivity index (χ0n) is 15.3. The number of rotatable bonds is 7. The molecule has 0 aliphatic heterocycles. The molecule has 9 heteroatoms. The number of sulfone groups is 1. The summed E-state index contributed by atoms with van der Waals surface area (Å²) in [6, 6.07) is 12.1. The van der Waals surface area contributed by atoms with Gasteiger partial charge in [0.05, 0.1) is 29.7 Å². The first-order valence-electron chi connectivity index (χ1n) is 8.10. The van der Waals surface area contributed by atoms with Crippen LogP contribution in [0.3, 0.4) is 0 Å². The summed E-state index contributed by atoms with van der Waals surface area (Å²) in [5.74, 6) is -2.10. The highest BCUT2D eigenvalue weighted by Crippen LogP contribution is 2.16. The molecule has 0 heterocycles. The van der Waals surface area contributed by atoms with E-state index in [1.165, 1.54) is 43.5 Å². The highest BCUT2D eigenvalue weighted by atomic mass is 32.2. The van der Waals surface area contributed by atoms with Crippen molar-refractivity contribution in [1.29, 1.82) is 0 Å². The van der Waals surface area contributed by atoms with Crippen LogP contribution in [0.15, 0.2) is 48.5 Å². The van der Waals surface area contributed by atoms with Crippen molar-refractivity contribution in [3.63, 3.8) is 0 Å². The molecule has 2 rings (SSSR count). The predicted molar refractivity (Wildman–Crippen MR) is 102 cm³/mol. The number of carbonyl (C=O) groups excluding carboxylic acids is 3. The summed E-state index contributed by atoms with van der Waals surface area (Å²) in [7, 11) is -1.95. The van der Waals surface area contributed by atoms with Crippen molar-refractivity contribution in [2.24, 2.45) is 0 Å². The minimum Gasteiger partial charge on any atom is -0.465 e. The van der Waals surface area contributed by atoms with Crippen molar-refractivity contribution in [3.8, 4) is 0 Å². The SMILES string of the molecule is COC(=O)c1ccccc1NC(=O)COC(=O)c1ccc(CS(C)(=O)=O)cc1. The molecule has 0 aromatic heterocycles. The molecular formula is C19H19NO7S. The van der Waals surface area contributed by atoms with Crippen LogP contribution in [0.5, 0.6) is 0 Å². The van der Waals surface area contributed by atoms with E-state index >= 15 is 0 Å². The first kappa shape index (κ1) is 21.1. The van der Waals surface area contributed by atoms with Gasteiger partial charge in [0.15, 0.2) is 16.4 Å². The lowest BCUT2D eigenvalue weighted by atomic mass is 10.1. The molecule has 28 heavy (non-hydrogen) atoms. The number of carbonyl (C=O) groups is 3. The maximum absolute atomic E-state index is 12.0. The van der Waals surface area contributed by atoms with Gasteiger partial charge in [0.1, 0.15) is 0 Å². The fourth-order valence-electron chi connectivity index (χ4n) is 2.32. The summed E-state index contributed by atoms with van der Waals surface area (Å²) < 4.78 is 32.1. The minimum atomic E-state index is -3.18. The number of anilines is 1. The van der Waals surface area contributed by atoms with Crippen LogP contribution in [0.2, 0.25) is 0 Å². The molecule has 0 saturated heterocycles. The lowest BCUT2D eigenvalue weighted by Gasteiger charge is -2.10. The van der Waals surface area contributed by atoms with Gasteiger partial charge in [0.2, 0.25) is 0 Å². The second-order valence-electron chi connectivity index (χ2n) is 5.93. The molecule has 0 fully saturated rings. The van der Waals surface area contributed by atoms with E-state index < -0.39 is 34.3 Å². The van der Waals surface area contributed by atoms with Crippen LogP contribution >= 0.6 is 0 Å². The largest absolute Gasteiger partial charge is 0.465 e. The average molecular weight is 405 g/mol. The first-order valence-corrected chi connectivity index (χ1v) is 10.2. The number of benzene rings is 2. The van der Waals surface area contributed by atoms with E-state index in [1.807, 2.05) is 0 Å². The Morgan fingerprint density at radius 3 is 2.21 bits per heavy atom. The van der Waals surface area contributed by atoms with E-state index in [0.29, 0.717) is 5.56 Å². The highest BCUT2D eigenvalue weighted by Gasteiger charge is 2.15. The first-order chi connectivity index (χ1) is 13.2. The monoisotopic (exact) mass is 405 g/mol. The number of amides is 1. The fraction of sp³-hybridized carbons (Fsp3) is 0.211. The number of hydrogen-bond donors (Lipinski definition) is 1. The van der Waals surface area contributed by atoms with Gasteiger partial charge in [-0.05, 0) is 29.8 Å². The molecule has 148 valence electrons. The Balaban J connectivity index is 1.94. The Bertz CT molecular complexity index is 982. The van der Waals surface area contributed by atoms with Crippen molar-refractivity contribution in [2.75, 3.05) is 25.3 Å². The second kappa shape index (κ2) is 9.14. The van der Waals surface area contributed by atoms with Crippen LogP contribution in [-0.2, 0) is 29.9 Å². The van der Waals surface area contributed by atoms with Gasteiger partial charge >= 0.3 is 11.9 Å². The number of para-hydroxylation sites is 1. The Morgan fingerprint density at radius 2 is 1.61 bits per heavy atom. The molecule has 0 aliphatic rings. The number of ether oxygens (including phenoxy) is 2. The number of methoxy groups -OCH3 is 1. The standard InChI is InChI=1S/C19H19NO7S/c1-26-19(23)15-5-3-4-6-16(15)20-17(21)11-27-18(22)14-9-7-13(8-10-14)12-28(2,24)25/h3-10H,11-12H2,1-2H3,(H,20,21). The van der Waals surface area contributed by atoms with Gasteiger partial charge in [0.25, 0.3) is 5.91 Å². The normalized spacial score (nSPS) is 10.8. The summed E-state index contributed by atoms with van der Waals surface area (Å²) in [6.45, 7) is -0.556. The lowest BCUT2D eigenvalue weighted by Crippen LogP contribution is -2.22. The molecule has 1 amide bonds. The second-order valence-corrected chi connectivity index (χ2v) is 8.07. The van der Waals surface area contributed by atoms with Gasteiger partial charge in [-0.2, -0.15) is 0 Å². The van der Waals surface area contributed by atoms with Gasteiger partial charge in [-0.3, -0.25) is 4.79 Å². The van der Waals surface area contributed by atoms with Crippen LogP contribution < -0.4 is 5.32 Å². The Hall–Kier alpha value is -3.20. The van der Waals surface area contributed by atoms with Gasteiger partial charge in [0, 0.05) is 6.26 Å². The van der Waals surface area contributed by atoms with Crippen LogP contribution in [0, 0.1) is 0 Å². The summed E-state index contributed by atoms with van der Waals surface area (Å²) in [4.78, 5) is 35.7. The molecule has 0 saturated carbocycles.